The molecule has 7 nitrogen and oxygen atoms in total. The standard InChI is InChI=1S/C14H23N3O4S2.ClH/c1-10-8-12(4-5-14(10)23(20,21)15-3)22(18,19)17-13-6-7-16-9-11(13)2;/h4-5,8,11,13,15-17H,6-7,9H2,1-3H3;1H. The van der Waals surface area contributed by atoms with Gasteiger partial charge in [-0.3, -0.25) is 0 Å². The highest BCUT2D eigenvalue weighted by Crippen LogP contribution is 2.21. The molecule has 2 unspecified atom stereocenters. The summed E-state index contributed by atoms with van der Waals surface area (Å²) in [5.74, 6) is 0.198. The van der Waals surface area contributed by atoms with Gasteiger partial charge in [-0.05, 0) is 63.2 Å². The molecule has 1 aromatic carbocycles. The van der Waals surface area contributed by atoms with Gasteiger partial charge in [0.2, 0.25) is 20.0 Å². The third kappa shape index (κ3) is 4.68. The van der Waals surface area contributed by atoms with Crippen molar-refractivity contribution in [1.82, 2.24) is 14.8 Å². The molecule has 2 atom stereocenters. The van der Waals surface area contributed by atoms with Crippen LogP contribution in [0.4, 0.5) is 0 Å². The Balaban J connectivity index is 0.00000288. The summed E-state index contributed by atoms with van der Waals surface area (Å²) in [4.78, 5) is 0.157. The smallest absolute Gasteiger partial charge is 0.240 e. The van der Waals surface area contributed by atoms with Crippen LogP contribution in [0.3, 0.4) is 0 Å². The lowest BCUT2D eigenvalue weighted by Crippen LogP contribution is -2.48. The number of aryl methyl sites for hydroxylation is 1. The SMILES string of the molecule is CNS(=O)(=O)c1ccc(S(=O)(=O)NC2CCNCC2C)cc1C.Cl. The van der Waals surface area contributed by atoms with Crippen molar-refractivity contribution in [3.63, 3.8) is 0 Å². The predicted molar refractivity (Wildman–Crippen MR) is 95.4 cm³/mol. The molecule has 0 aliphatic carbocycles. The molecule has 0 bridgehead atoms. The second-order valence-corrected chi connectivity index (χ2v) is 9.40. The van der Waals surface area contributed by atoms with E-state index in [0.29, 0.717) is 5.56 Å². The van der Waals surface area contributed by atoms with Crippen LogP contribution in [0.5, 0.6) is 0 Å². The fourth-order valence-corrected chi connectivity index (χ4v) is 5.07. The van der Waals surface area contributed by atoms with Crippen LogP contribution in [0, 0.1) is 12.8 Å². The van der Waals surface area contributed by atoms with Gasteiger partial charge in [-0.15, -0.1) is 12.4 Å². The van der Waals surface area contributed by atoms with Crippen LogP contribution in [0.15, 0.2) is 28.0 Å². The molecular formula is C14H24ClN3O4S2. The summed E-state index contributed by atoms with van der Waals surface area (Å²) in [6, 6.07) is 3.91. The van der Waals surface area contributed by atoms with Crippen LogP contribution >= 0.6 is 12.4 Å². The highest BCUT2D eigenvalue weighted by molar-refractivity contribution is 7.90. The first-order valence-electron chi connectivity index (χ1n) is 7.44. The molecule has 0 aromatic heterocycles. The highest BCUT2D eigenvalue weighted by atomic mass is 35.5. The lowest BCUT2D eigenvalue weighted by molar-refractivity contribution is 0.328. The van der Waals surface area contributed by atoms with Gasteiger partial charge in [0, 0.05) is 6.04 Å². The average molecular weight is 398 g/mol. The highest BCUT2D eigenvalue weighted by Gasteiger charge is 2.27. The summed E-state index contributed by atoms with van der Waals surface area (Å²) in [6.45, 7) is 5.12. The van der Waals surface area contributed by atoms with Crippen molar-refractivity contribution < 1.29 is 16.8 Å². The number of hydrogen-bond donors (Lipinski definition) is 3. The lowest BCUT2D eigenvalue weighted by atomic mass is 9.97. The van der Waals surface area contributed by atoms with E-state index in [-0.39, 0.29) is 34.2 Å². The summed E-state index contributed by atoms with van der Waals surface area (Å²) >= 11 is 0. The van der Waals surface area contributed by atoms with Gasteiger partial charge in [0.1, 0.15) is 0 Å². The minimum absolute atomic E-state index is 0. The van der Waals surface area contributed by atoms with E-state index in [9.17, 15) is 16.8 Å². The monoisotopic (exact) mass is 397 g/mol. The molecule has 0 saturated carbocycles. The molecule has 1 aromatic rings. The fourth-order valence-electron chi connectivity index (χ4n) is 2.66. The topological polar surface area (TPSA) is 104 Å². The van der Waals surface area contributed by atoms with Crippen molar-refractivity contribution in [2.24, 2.45) is 5.92 Å². The molecular weight excluding hydrogens is 374 g/mol. The molecule has 138 valence electrons. The first-order chi connectivity index (χ1) is 10.7. The average Bonchev–Trinajstić information content (AvgIpc) is 2.49. The Morgan fingerprint density at radius 1 is 1.17 bits per heavy atom. The fraction of sp³-hybridized carbons (Fsp3) is 0.571. The second kappa shape index (κ2) is 8.11. The van der Waals surface area contributed by atoms with Gasteiger partial charge in [-0.25, -0.2) is 26.3 Å². The Kier molecular flexibility index (Phi) is 7.21. The quantitative estimate of drug-likeness (QED) is 0.675. The number of benzene rings is 1. The summed E-state index contributed by atoms with van der Waals surface area (Å²) in [6.07, 6.45) is 0.728. The Labute approximate surface area is 150 Å². The van der Waals surface area contributed by atoms with Crippen LogP contribution in [-0.2, 0) is 20.0 Å². The number of hydrogen-bond acceptors (Lipinski definition) is 5. The molecule has 2 rings (SSSR count). The van der Waals surface area contributed by atoms with E-state index in [1.54, 1.807) is 6.92 Å². The van der Waals surface area contributed by atoms with E-state index in [2.05, 4.69) is 14.8 Å². The first-order valence-corrected chi connectivity index (χ1v) is 10.4. The zero-order valence-corrected chi connectivity index (χ0v) is 16.3. The van der Waals surface area contributed by atoms with Crippen molar-refractivity contribution in [2.45, 2.75) is 36.1 Å². The minimum atomic E-state index is -3.68. The maximum atomic E-state index is 12.5. The van der Waals surface area contributed by atoms with E-state index < -0.39 is 20.0 Å². The number of sulfonamides is 2. The molecule has 24 heavy (non-hydrogen) atoms. The van der Waals surface area contributed by atoms with Crippen molar-refractivity contribution in [2.75, 3.05) is 20.1 Å². The summed E-state index contributed by atoms with van der Waals surface area (Å²) in [5.41, 5.74) is 0.389. The van der Waals surface area contributed by atoms with Gasteiger partial charge in [0.15, 0.2) is 0 Å². The van der Waals surface area contributed by atoms with Gasteiger partial charge in [0.25, 0.3) is 0 Å². The minimum Gasteiger partial charge on any atom is -0.316 e. The summed E-state index contributed by atoms with van der Waals surface area (Å²) in [5, 5.41) is 3.22. The molecule has 10 heteroatoms. The van der Waals surface area contributed by atoms with Crippen LogP contribution in [0.2, 0.25) is 0 Å². The molecule has 1 saturated heterocycles. The van der Waals surface area contributed by atoms with E-state index in [1.807, 2.05) is 6.92 Å². The van der Waals surface area contributed by atoms with Gasteiger partial charge in [-0.1, -0.05) is 6.92 Å². The van der Waals surface area contributed by atoms with Crippen LogP contribution in [-0.4, -0.2) is 43.0 Å². The summed E-state index contributed by atoms with van der Waals surface area (Å²) in [7, 11) is -5.96. The van der Waals surface area contributed by atoms with Gasteiger partial charge >= 0.3 is 0 Å². The Hall–Kier alpha value is -0.710. The zero-order valence-electron chi connectivity index (χ0n) is 13.9. The molecule has 1 fully saturated rings. The van der Waals surface area contributed by atoms with E-state index in [4.69, 9.17) is 0 Å². The lowest BCUT2D eigenvalue weighted by Gasteiger charge is -2.30. The molecule has 1 aliphatic heterocycles. The third-order valence-corrected chi connectivity index (χ3v) is 7.17. The van der Waals surface area contributed by atoms with Crippen LogP contribution < -0.4 is 14.8 Å². The Bertz CT molecular complexity index is 781. The molecule has 1 heterocycles. The normalized spacial score (nSPS) is 22.0. The molecule has 0 amide bonds. The Morgan fingerprint density at radius 2 is 1.83 bits per heavy atom. The maximum absolute atomic E-state index is 12.5. The van der Waals surface area contributed by atoms with Crippen LogP contribution in [0.1, 0.15) is 18.9 Å². The molecule has 0 radical (unpaired) electrons. The maximum Gasteiger partial charge on any atom is 0.240 e. The molecule has 1 aliphatic rings. The largest absolute Gasteiger partial charge is 0.316 e. The van der Waals surface area contributed by atoms with Crippen molar-refractivity contribution in [3.05, 3.63) is 23.8 Å². The van der Waals surface area contributed by atoms with E-state index in [0.717, 1.165) is 19.5 Å². The number of nitrogens with one attached hydrogen (secondary N) is 3. The predicted octanol–water partition coefficient (Wildman–Crippen LogP) is 0.601. The number of halogens is 1. The zero-order chi connectivity index (χ0) is 17.3. The van der Waals surface area contributed by atoms with Crippen LogP contribution in [0.25, 0.3) is 0 Å². The van der Waals surface area contributed by atoms with E-state index in [1.165, 1.54) is 25.2 Å². The number of piperidine rings is 1. The number of rotatable bonds is 5. The first kappa shape index (κ1) is 21.3. The van der Waals surface area contributed by atoms with Gasteiger partial charge in [-0.2, -0.15) is 0 Å². The second-order valence-electron chi connectivity index (χ2n) is 5.83. The van der Waals surface area contributed by atoms with Crippen molar-refractivity contribution in [1.29, 1.82) is 0 Å². The van der Waals surface area contributed by atoms with Crippen molar-refractivity contribution in [3.8, 4) is 0 Å². The van der Waals surface area contributed by atoms with E-state index >= 15 is 0 Å². The third-order valence-electron chi connectivity index (χ3n) is 4.11. The Morgan fingerprint density at radius 3 is 2.38 bits per heavy atom. The summed E-state index contributed by atoms with van der Waals surface area (Å²) < 4.78 is 53.7. The van der Waals surface area contributed by atoms with Gasteiger partial charge in [0.05, 0.1) is 9.79 Å². The van der Waals surface area contributed by atoms with Gasteiger partial charge < -0.3 is 5.32 Å². The molecule has 0 spiro atoms. The molecule has 3 N–H and O–H groups in total. The van der Waals surface area contributed by atoms with Crippen molar-refractivity contribution >= 4 is 32.5 Å².